The molecule has 114 valence electrons. The molecule has 1 aliphatic rings. The topological polar surface area (TPSA) is 9.23 Å². The average Bonchev–Trinajstić information content (AvgIpc) is 2.82. The van der Waals surface area contributed by atoms with Crippen LogP contribution in [0.4, 0.5) is 8.78 Å². The number of rotatable bonds is 4. The molecule has 2 aromatic rings. The minimum absolute atomic E-state index is 0.535. The van der Waals surface area contributed by atoms with Crippen molar-refractivity contribution in [2.75, 3.05) is 0 Å². The minimum Gasteiger partial charge on any atom is -0.304 e. The van der Waals surface area contributed by atoms with E-state index in [1.807, 2.05) is 30.3 Å². The number of hydrogen-bond acceptors (Lipinski definition) is 1. The molecule has 4 heteroatoms. The summed E-state index contributed by atoms with van der Waals surface area (Å²) in [4.78, 5) is 0. The molecule has 0 saturated carbocycles. The molecule has 1 atom stereocenters. The lowest BCUT2D eigenvalue weighted by Gasteiger charge is -2.17. The molecule has 0 saturated heterocycles. The van der Waals surface area contributed by atoms with Crippen LogP contribution in [0.3, 0.4) is 0 Å². The highest BCUT2D eigenvalue weighted by molar-refractivity contribution is 6.30. The summed E-state index contributed by atoms with van der Waals surface area (Å²) in [5, 5.41) is 0.573. The van der Waals surface area contributed by atoms with Crippen LogP contribution in [0.5, 0.6) is 0 Å². The molecule has 1 unspecified atom stereocenters. The van der Waals surface area contributed by atoms with Gasteiger partial charge < -0.3 is 4.74 Å². The molecule has 0 bridgehead atoms. The lowest BCUT2D eigenvalue weighted by molar-refractivity contribution is -0.206. The lowest BCUT2D eigenvalue weighted by atomic mass is 9.96. The Kier molecular flexibility index (Phi) is 4.27. The Bertz CT molecular complexity index is 665. The summed E-state index contributed by atoms with van der Waals surface area (Å²) in [5.41, 5.74) is 2.42. The molecule has 0 spiro atoms. The van der Waals surface area contributed by atoms with Crippen LogP contribution in [-0.4, -0.2) is 6.11 Å². The maximum absolute atomic E-state index is 13.6. The van der Waals surface area contributed by atoms with E-state index in [-0.39, 0.29) is 0 Å². The second-order valence-electron chi connectivity index (χ2n) is 5.32. The summed E-state index contributed by atoms with van der Waals surface area (Å²) in [6.45, 7) is 0. The largest absolute Gasteiger partial charge is 0.377 e. The second kappa shape index (κ2) is 6.19. The zero-order valence-corrected chi connectivity index (χ0v) is 12.6. The van der Waals surface area contributed by atoms with E-state index in [9.17, 15) is 8.78 Å². The van der Waals surface area contributed by atoms with E-state index in [0.29, 0.717) is 29.0 Å². The first kappa shape index (κ1) is 15.2. The van der Waals surface area contributed by atoms with Crippen LogP contribution in [-0.2, 0) is 11.2 Å². The molecule has 0 amide bonds. The van der Waals surface area contributed by atoms with Gasteiger partial charge in [0.2, 0.25) is 0 Å². The predicted molar refractivity (Wildman–Crippen MR) is 83.1 cm³/mol. The molecule has 1 nitrogen and oxygen atoms in total. The van der Waals surface area contributed by atoms with Crippen molar-refractivity contribution in [3.63, 3.8) is 0 Å². The minimum atomic E-state index is -3.21. The van der Waals surface area contributed by atoms with E-state index in [4.69, 9.17) is 16.3 Å². The number of aryl methyl sites for hydroxylation is 1. The van der Waals surface area contributed by atoms with Gasteiger partial charge in [-0.1, -0.05) is 54.1 Å². The van der Waals surface area contributed by atoms with E-state index >= 15 is 0 Å². The van der Waals surface area contributed by atoms with Gasteiger partial charge in [-0.3, -0.25) is 0 Å². The number of benzene rings is 2. The van der Waals surface area contributed by atoms with Crippen molar-refractivity contribution < 1.29 is 13.5 Å². The Morgan fingerprint density at radius 3 is 2.32 bits per heavy atom. The first-order chi connectivity index (χ1) is 10.5. The van der Waals surface area contributed by atoms with Crippen LogP contribution in [0.15, 0.2) is 66.2 Å². The molecule has 1 aliphatic heterocycles. The maximum atomic E-state index is 13.6. The highest BCUT2D eigenvalue weighted by atomic mass is 35.5. The molecular weight excluding hydrogens is 306 g/mol. The van der Waals surface area contributed by atoms with Crippen molar-refractivity contribution in [1.82, 2.24) is 0 Å². The zero-order chi connectivity index (χ0) is 15.6. The first-order valence-electron chi connectivity index (χ1n) is 7.10. The van der Waals surface area contributed by atoms with Crippen LogP contribution >= 0.6 is 11.6 Å². The van der Waals surface area contributed by atoms with Gasteiger partial charge in [-0.05, 0) is 41.7 Å². The van der Waals surface area contributed by atoms with Crippen molar-refractivity contribution in [3.05, 3.63) is 82.4 Å². The number of hydrogen-bond donors (Lipinski definition) is 0. The first-order valence-corrected chi connectivity index (χ1v) is 7.48. The summed E-state index contributed by atoms with van der Waals surface area (Å²) >= 11 is 5.85. The molecular formula is C18H15ClF2O. The summed E-state index contributed by atoms with van der Waals surface area (Å²) in [6, 6.07) is 16.6. The van der Waals surface area contributed by atoms with Crippen molar-refractivity contribution in [1.29, 1.82) is 0 Å². The third-order valence-corrected chi connectivity index (χ3v) is 3.94. The van der Waals surface area contributed by atoms with Crippen molar-refractivity contribution in [3.8, 4) is 0 Å². The number of halogens is 3. The summed E-state index contributed by atoms with van der Waals surface area (Å²) in [5.74, 6) is 0. The quantitative estimate of drug-likeness (QED) is 0.670. The van der Waals surface area contributed by atoms with Gasteiger partial charge in [0.15, 0.2) is 0 Å². The zero-order valence-electron chi connectivity index (χ0n) is 11.8. The van der Waals surface area contributed by atoms with Crippen LogP contribution in [0.2, 0.25) is 5.02 Å². The van der Waals surface area contributed by atoms with Crippen LogP contribution < -0.4 is 0 Å². The van der Waals surface area contributed by atoms with Crippen LogP contribution in [0.1, 0.15) is 23.7 Å². The van der Waals surface area contributed by atoms with Gasteiger partial charge in [0.1, 0.15) is 6.10 Å². The fraction of sp³-hybridized carbons (Fsp3) is 0.222. The Morgan fingerprint density at radius 1 is 0.955 bits per heavy atom. The highest BCUT2D eigenvalue weighted by Crippen LogP contribution is 2.42. The van der Waals surface area contributed by atoms with Gasteiger partial charge >= 0.3 is 6.11 Å². The van der Waals surface area contributed by atoms with Crippen molar-refractivity contribution >= 4 is 11.6 Å². The maximum Gasteiger partial charge on any atom is 0.377 e. The molecule has 22 heavy (non-hydrogen) atoms. The van der Waals surface area contributed by atoms with Crippen LogP contribution in [0.25, 0.3) is 0 Å². The SMILES string of the molecule is FC1(F)C=C(CCc2ccccc2)C(c2ccc(Cl)cc2)O1. The van der Waals surface area contributed by atoms with Gasteiger partial charge in [0, 0.05) is 11.1 Å². The molecule has 0 radical (unpaired) electrons. The van der Waals surface area contributed by atoms with E-state index in [1.54, 1.807) is 24.3 Å². The highest BCUT2D eigenvalue weighted by Gasteiger charge is 2.40. The molecule has 3 rings (SSSR count). The normalized spacial score (nSPS) is 20.0. The Labute approximate surface area is 133 Å². The van der Waals surface area contributed by atoms with E-state index in [0.717, 1.165) is 11.6 Å². The molecule has 0 aromatic heterocycles. The average molecular weight is 321 g/mol. The molecule has 0 aliphatic carbocycles. The van der Waals surface area contributed by atoms with Gasteiger partial charge in [-0.25, -0.2) is 0 Å². The van der Waals surface area contributed by atoms with Crippen molar-refractivity contribution in [2.24, 2.45) is 0 Å². The number of ether oxygens (including phenoxy) is 1. The Balaban J connectivity index is 1.78. The van der Waals surface area contributed by atoms with Gasteiger partial charge in [0.05, 0.1) is 0 Å². The number of alkyl halides is 2. The summed E-state index contributed by atoms with van der Waals surface area (Å²) in [6.07, 6.45) is -1.75. The smallest absolute Gasteiger partial charge is 0.304 e. The molecule has 1 heterocycles. The van der Waals surface area contributed by atoms with Crippen LogP contribution in [0, 0.1) is 0 Å². The summed E-state index contributed by atoms with van der Waals surface area (Å²) < 4.78 is 32.1. The van der Waals surface area contributed by atoms with E-state index in [2.05, 4.69) is 0 Å². The third-order valence-electron chi connectivity index (χ3n) is 3.68. The fourth-order valence-electron chi connectivity index (χ4n) is 2.61. The van der Waals surface area contributed by atoms with Crippen molar-refractivity contribution in [2.45, 2.75) is 25.1 Å². The molecule has 0 fully saturated rings. The van der Waals surface area contributed by atoms with E-state index < -0.39 is 12.2 Å². The third kappa shape index (κ3) is 3.54. The predicted octanol–water partition coefficient (Wildman–Crippen LogP) is 5.56. The van der Waals surface area contributed by atoms with E-state index in [1.165, 1.54) is 0 Å². The standard InChI is InChI=1S/C18H15ClF2O/c19-16-10-8-14(9-11-16)17-15(12-18(20,21)22-17)7-6-13-4-2-1-3-5-13/h1-5,8-12,17H,6-7H2. The Hall–Kier alpha value is -1.71. The molecule has 2 aromatic carbocycles. The van der Waals surface area contributed by atoms with Gasteiger partial charge in [-0.15, -0.1) is 0 Å². The Morgan fingerprint density at radius 2 is 1.64 bits per heavy atom. The lowest BCUT2D eigenvalue weighted by Crippen LogP contribution is -2.14. The van der Waals surface area contributed by atoms with Gasteiger partial charge in [0.25, 0.3) is 0 Å². The fourth-order valence-corrected chi connectivity index (χ4v) is 2.74. The molecule has 0 N–H and O–H groups in total. The van der Waals surface area contributed by atoms with Gasteiger partial charge in [-0.2, -0.15) is 8.78 Å². The second-order valence-corrected chi connectivity index (χ2v) is 5.75. The monoisotopic (exact) mass is 320 g/mol. The summed E-state index contributed by atoms with van der Waals surface area (Å²) in [7, 11) is 0.